The quantitative estimate of drug-likeness (QED) is 0.413. The summed E-state index contributed by atoms with van der Waals surface area (Å²) in [5.41, 5.74) is 7.51. The van der Waals surface area contributed by atoms with E-state index in [2.05, 4.69) is 74.0 Å². The first-order chi connectivity index (χ1) is 15.6. The summed E-state index contributed by atoms with van der Waals surface area (Å²) in [6.07, 6.45) is 9.78. The lowest BCUT2D eigenvalue weighted by molar-refractivity contribution is 0.394. The van der Waals surface area contributed by atoms with Crippen molar-refractivity contribution in [3.05, 3.63) is 66.1 Å². The number of hydrogen-bond donors (Lipinski definition) is 0. The highest BCUT2D eigenvalue weighted by atomic mass is 15.2. The third-order valence-corrected chi connectivity index (χ3v) is 6.59. The summed E-state index contributed by atoms with van der Waals surface area (Å²) in [5.74, 6) is 2.47. The van der Waals surface area contributed by atoms with Crippen LogP contribution in [-0.2, 0) is 0 Å². The van der Waals surface area contributed by atoms with Crippen LogP contribution in [0.15, 0.2) is 55.0 Å². The molecule has 4 rings (SSSR count). The van der Waals surface area contributed by atoms with Gasteiger partial charge in [-0.2, -0.15) is 0 Å². The van der Waals surface area contributed by atoms with Crippen LogP contribution in [0.5, 0.6) is 0 Å². The molecule has 32 heavy (non-hydrogen) atoms. The number of piperidine rings is 1. The maximum Gasteiger partial charge on any atom is 0.128 e. The summed E-state index contributed by atoms with van der Waals surface area (Å²) >= 11 is 0. The number of benzene rings is 1. The predicted molar refractivity (Wildman–Crippen MR) is 138 cm³/mol. The molecular weight excluding hydrogens is 390 g/mol. The van der Waals surface area contributed by atoms with Gasteiger partial charge in [0.05, 0.1) is 0 Å². The summed E-state index contributed by atoms with van der Waals surface area (Å²) in [6, 6.07) is 13.3. The first-order valence-electron chi connectivity index (χ1n) is 12.3. The van der Waals surface area contributed by atoms with Crippen molar-refractivity contribution in [1.82, 2.24) is 9.97 Å². The second-order valence-electron chi connectivity index (χ2n) is 8.89. The normalized spacial score (nSPS) is 14.3. The Morgan fingerprint density at radius 2 is 1.66 bits per heavy atom. The van der Waals surface area contributed by atoms with Gasteiger partial charge in [-0.05, 0) is 72.1 Å². The lowest BCUT2D eigenvalue weighted by Crippen LogP contribution is -2.33. The molecule has 3 nitrogen and oxygen atoms in total. The Labute approximate surface area is 194 Å². The van der Waals surface area contributed by atoms with Gasteiger partial charge in [0.15, 0.2) is 0 Å². The Morgan fingerprint density at radius 3 is 2.25 bits per heavy atom. The Hall–Kier alpha value is -2.68. The van der Waals surface area contributed by atoms with Crippen molar-refractivity contribution < 1.29 is 0 Å². The molecule has 1 aliphatic heterocycles. The Kier molecular flexibility index (Phi) is 8.44. The number of hydrogen-bond acceptors (Lipinski definition) is 3. The summed E-state index contributed by atoms with van der Waals surface area (Å²) in [5, 5.41) is 0. The van der Waals surface area contributed by atoms with E-state index >= 15 is 0 Å². The SMILES string of the molecule is CC.CCC1CCN(c2ccc(-c3ccc(-c4cnccc4C(C)C)c(C)c3)cn2)CC1. The molecule has 3 aromatic rings. The molecule has 3 heteroatoms. The van der Waals surface area contributed by atoms with E-state index < -0.39 is 0 Å². The third-order valence-electron chi connectivity index (χ3n) is 6.59. The zero-order valence-corrected chi connectivity index (χ0v) is 20.7. The van der Waals surface area contributed by atoms with Gasteiger partial charge in [0.25, 0.3) is 0 Å². The fraction of sp³-hybridized carbons (Fsp3) is 0.448. The molecule has 2 aromatic heterocycles. The van der Waals surface area contributed by atoms with E-state index in [1.807, 2.05) is 32.4 Å². The van der Waals surface area contributed by atoms with E-state index in [9.17, 15) is 0 Å². The average Bonchev–Trinajstić information content (AvgIpc) is 2.85. The highest BCUT2D eigenvalue weighted by molar-refractivity contribution is 5.75. The minimum atomic E-state index is 0.473. The zero-order valence-electron chi connectivity index (χ0n) is 20.7. The monoisotopic (exact) mass is 429 g/mol. The standard InChI is InChI=1S/C27H33N3.C2H6/c1-5-21-11-14-30(15-12-21)27-9-7-23(17-29-27)22-6-8-25(20(4)16-22)26-18-28-13-10-24(26)19(2)3;1-2/h6-10,13,16-19,21H,5,11-12,14-15H2,1-4H3;1-2H3. The number of aryl methyl sites for hydroxylation is 1. The highest BCUT2D eigenvalue weighted by Gasteiger charge is 2.19. The van der Waals surface area contributed by atoms with Gasteiger partial charge in [-0.1, -0.05) is 59.2 Å². The average molecular weight is 430 g/mol. The zero-order chi connectivity index (χ0) is 23.1. The number of rotatable bonds is 5. The highest BCUT2D eigenvalue weighted by Crippen LogP contribution is 2.33. The topological polar surface area (TPSA) is 29.0 Å². The first kappa shape index (κ1) is 24.0. The number of pyridine rings is 2. The lowest BCUT2D eigenvalue weighted by atomic mass is 9.91. The Morgan fingerprint density at radius 1 is 0.938 bits per heavy atom. The third kappa shape index (κ3) is 5.38. The molecule has 1 aromatic carbocycles. The van der Waals surface area contributed by atoms with Crippen molar-refractivity contribution in [2.24, 2.45) is 5.92 Å². The molecule has 0 N–H and O–H groups in total. The molecule has 0 unspecified atom stereocenters. The molecule has 0 spiro atoms. The smallest absolute Gasteiger partial charge is 0.128 e. The van der Waals surface area contributed by atoms with Gasteiger partial charge in [0.1, 0.15) is 5.82 Å². The molecule has 1 fully saturated rings. The maximum atomic E-state index is 4.79. The molecule has 0 radical (unpaired) electrons. The molecule has 1 aliphatic rings. The van der Waals surface area contributed by atoms with Gasteiger partial charge in [-0.15, -0.1) is 0 Å². The maximum absolute atomic E-state index is 4.79. The molecule has 0 aliphatic carbocycles. The van der Waals surface area contributed by atoms with Crippen molar-refractivity contribution in [2.75, 3.05) is 18.0 Å². The van der Waals surface area contributed by atoms with Crippen LogP contribution in [-0.4, -0.2) is 23.1 Å². The van der Waals surface area contributed by atoms with Crippen molar-refractivity contribution in [3.8, 4) is 22.3 Å². The van der Waals surface area contributed by atoms with Crippen LogP contribution >= 0.6 is 0 Å². The van der Waals surface area contributed by atoms with Crippen molar-refractivity contribution in [2.45, 2.75) is 66.7 Å². The first-order valence-corrected chi connectivity index (χ1v) is 12.3. The molecule has 170 valence electrons. The molecule has 1 saturated heterocycles. The molecule has 3 heterocycles. The summed E-state index contributed by atoms with van der Waals surface area (Å²) in [6.45, 7) is 15.2. The van der Waals surface area contributed by atoms with Crippen LogP contribution in [0.25, 0.3) is 22.3 Å². The van der Waals surface area contributed by atoms with E-state index in [0.29, 0.717) is 5.92 Å². The Balaban J connectivity index is 0.00000141. The number of nitrogens with zero attached hydrogens (tertiary/aromatic N) is 3. The molecule has 0 bridgehead atoms. The van der Waals surface area contributed by atoms with E-state index in [0.717, 1.165) is 24.8 Å². The summed E-state index contributed by atoms with van der Waals surface area (Å²) < 4.78 is 0. The van der Waals surface area contributed by atoms with Crippen LogP contribution in [0, 0.1) is 12.8 Å². The van der Waals surface area contributed by atoms with Crippen molar-refractivity contribution in [1.29, 1.82) is 0 Å². The minimum Gasteiger partial charge on any atom is -0.357 e. The largest absolute Gasteiger partial charge is 0.357 e. The minimum absolute atomic E-state index is 0.473. The second kappa shape index (κ2) is 11.3. The van der Waals surface area contributed by atoms with Crippen LogP contribution in [0.3, 0.4) is 0 Å². The number of aromatic nitrogens is 2. The van der Waals surface area contributed by atoms with Crippen LogP contribution in [0.4, 0.5) is 5.82 Å². The van der Waals surface area contributed by atoms with Gasteiger partial charge in [-0.25, -0.2) is 4.98 Å². The van der Waals surface area contributed by atoms with Crippen LogP contribution < -0.4 is 4.90 Å². The summed E-state index contributed by atoms with van der Waals surface area (Å²) in [4.78, 5) is 11.6. The number of anilines is 1. The Bertz CT molecular complexity index is 984. The van der Waals surface area contributed by atoms with E-state index in [-0.39, 0.29) is 0 Å². The molecular formula is C29H39N3. The van der Waals surface area contributed by atoms with Crippen LogP contribution in [0.2, 0.25) is 0 Å². The molecule has 0 saturated carbocycles. The predicted octanol–water partition coefficient (Wildman–Crippen LogP) is 7.90. The van der Waals surface area contributed by atoms with Gasteiger partial charge >= 0.3 is 0 Å². The van der Waals surface area contributed by atoms with E-state index in [4.69, 9.17) is 4.98 Å². The second-order valence-corrected chi connectivity index (χ2v) is 8.89. The van der Waals surface area contributed by atoms with Gasteiger partial charge in [-0.3, -0.25) is 4.98 Å². The fourth-order valence-electron chi connectivity index (χ4n) is 4.59. The van der Waals surface area contributed by atoms with E-state index in [1.165, 1.54) is 52.6 Å². The van der Waals surface area contributed by atoms with Crippen molar-refractivity contribution in [3.63, 3.8) is 0 Å². The molecule has 0 atom stereocenters. The van der Waals surface area contributed by atoms with Gasteiger partial charge < -0.3 is 4.90 Å². The van der Waals surface area contributed by atoms with Crippen LogP contribution in [0.1, 0.15) is 70.9 Å². The van der Waals surface area contributed by atoms with Gasteiger partial charge in [0, 0.05) is 42.8 Å². The lowest BCUT2D eigenvalue weighted by Gasteiger charge is -2.32. The molecule has 0 amide bonds. The fourth-order valence-corrected chi connectivity index (χ4v) is 4.59. The van der Waals surface area contributed by atoms with Gasteiger partial charge in [0.2, 0.25) is 0 Å². The van der Waals surface area contributed by atoms with E-state index in [1.54, 1.807) is 0 Å². The van der Waals surface area contributed by atoms with Crippen molar-refractivity contribution >= 4 is 5.82 Å². The summed E-state index contributed by atoms with van der Waals surface area (Å²) in [7, 11) is 0.